The maximum absolute atomic E-state index is 12.2. The Morgan fingerprint density at radius 1 is 1.53 bits per heavy atom. The monoisotopic (exact) mass is 295 g/mol. The lowest BCUT2D eigenvalue weighted by Crippen LogP contribution is -2.04. The zero-order chi connectivity index (χ0) is 13.8. The number of anilines is 1. The summed E-state index contributed by atoms with van der Waals surface area (Å²) >= 11 is 7.87. The molecule has 0 unspecified atom stereocenters. The zero-order valence-corrected chi connectivity index (χ0v) is 12.7. The summed E-state index contributed by atoms with van der Waals surface area (Å²) in [4.78, 5) is 12.2. The number of fused-ring (bicyclic) bond motifs is 1. The number of carbonyl (C=O) groups excluding carboxylic acids is 1. The van der Waals surface area contributed by atoms with Crippen LogP contribution in [0.1, 0.15) is 35.7 Å². The van der Waals surface area contributed by atoms with Crippen LogP contribution in [0.5, 0.6) is 0 Å². The fraction of sp³-hybridized carbons (Fsp3) is 0.400. The van der Waals surface area contributed by atoms with E-state index in [-0.39, 0.29) is 5.78 Å². The van der Waals surface area contributed by atoms with Crippen LogP contribution >= 0.6 is 23.4 Å². The molecule has 0 aromatic heterocycles. The minimum atomic E-state index is 0.117. The lowest BCUT2D eigenvalue weighted by atomic mass is 10.1. The van der Waals surface area contributed by atoms with Gasteiger partial charge in [-0.3, -0.25) is 4.79 Å². The molecule has 1 aliphatic heterocycles. The molecule has 1 aromatic carbocycles. The van der Waals surface area contributed by atoms with E-state index in [0.29, 0.717) is 16.3 Å². The minimum absolute atomic E-state index is 0.117. The first-order valence-corrected chi connectivity index (χ1v) is 8.03. The number of carbonyl (C=O) groups is 1. The van der Waals surface area contributed by atoms with Gasteiger partial charge in [-0.15, -0.1) is 0 Å². The van der Waals surface area contributed by atoms with E-state index in [9.17, 15) is 4.79 Å². The van der Waals surface area contributed by atoms with Crippen LogP contribution in [0.3, 0.4) is 0 Å². The van der Waals surface area contributed by atoms with Crippen LogP contribution < -0.4 is 5.32 Å². The summed E-state index contributed by atoms with van der Waals surface area (Å²) in [6.45, 7) is 6.05. The Morgan fingerprint density at radius 3 is 3.05 bits per heavy atom. The highest BCUT2D eigenvalue weighted by molar-refractivity contribution is 7.99. The Bertz CT molecular complexity index is 513. The summed E-state index contributed by atoms with van der Waals surface area (Å²) < 4.78 is 0. The molecular formula is C15H18ClNOS. The third-order valence-corrected chi connectivity index (χ3v) is 4.44. The number of ketones is 1. The van der Waals surface area contributed by atoms with Gasteiger partial charge in [0.05, 0.1) is 10.8 Å². The highest BCUT2D eigenvalue weighted by Gasteiger charge is 2.19. The van der Waals surface area contributed by atoms with E-state index < -0.39 is 0 Å². The SMILES string of the molecule is C=C1Cc2cc(C(=O)CSCCCC)c(Cl)cc2N1. The summed E-state index contributed by atoms with van der Waals surface area (Å²) in [5.74, 6) is 1.65. The Morgan fingerprint density at radius 2 is 2.32 bits per heavy atom. The standard InChI is InChI=1S/C15H18ClNOS/c1-3-4-5-19-9-15(18)12-7-11-6-10(2)17-14(11)8-13(12)16/h7-8,17H,2-6,9H2,1H3. The van der Waals surface area contributed by atoms with Gasteiger partial charge in [-0.25, -0.2) is 0 Å². The first-order valence-electron chi connectivity index (χ1n) is 6.50. The number of unbranched alkanes of at least 4 members (excludes halogenated alkanes) is 1. The number of benzene rings is 1. The predicted molar refractivity (Wildman–Crippen MR) is 84.5 cm³/mol. The molecule has 2 nitrogen and oxygen atoms in total. The van der Waals surface area contributed by atoms with E-state index in [1.807, 2.05) is 12.1 Å². The highest BCUT2D eigenvalue weighted by Crippen LogP contribution is 2.33. The van der Waals surface area contributed by atoms with Gasteiger partial charge < -0.3 is 5.32 Å². The van der Waals surface area contributed by atoms with Crippen molar-refractivity contribution >= 4 is 34.8 Å². The van der Waals surface area contributed by atoms with Crippen LogP contribution in [-0.2, 0) is 6.42 Å². The molecule has 19 heavy (non-hydrogen) atoms. The third kappa shape index (κ3) is 3.54. The van der Waals surface area contributed by atoms with Gasteiger partial charge >= 0.3 is 0 Å². The molecule has 0 saturated carbocycles. The van der Waals surface area contributed by atoms with Gasteiger partial charge in [0.1, 0.15) is 0 Å². The molecule has 0 amide bonds. The second-order valence-electron chi connectivity index (χ2n) is 4.72. The lowest BCUT2D eigenvalue weighted by molar-refractivity contribution is 0.102. The Labute approximate surface area is 123 Å². The molecule has 0 bridgehead atoms. The van der Waals surface area contributed by atoms with Crippen LogP contribution in [0.2, 0.25) is 5.02 Å². The molecule has 1 N–H and O–H groups in total. The van der Waals surface area contributed by atoms with Crippen molar-refractivity contribution in [1.82, 2.24) is 0 Å². The molecule has 0 radical (unpaired) electrons. The van der Waals surface area contributed by atoms with E-state index >= 15 is 0 Å². The van der Waals surface area contributed by atoms with E-state index in [2.05, 4.69) is 18.8 Å². The maximum atomic E-state index is 12.2. The summed E-state index contributed by atoms with van der Waals surface area (Å²) in [5.41, 5.74) is 3.68. The Kier molecular flexibility index (Phi) is 4.94. The van der Waals surface area contributed by atoms with Crippen molar-refractivity contribution in [3.05, 3.63) is 40.6 Å². The van der Waals surface area contributed by atoms with Gasteiger partial charge in [0.25, 0.3) is 0 Å². The molecule has 4 heteroatoms. The quantitative estimate of drug-likeness (QED) is 0.617. The number of allylic oxidation sites excluding steroid dienone is 1. The molecular weight excluding hydrogens is 278 g/mol. The molecule has 0 saturated heterocycles. The molecule has 0 spiro atoms. The smallest absolute Gasteiger partial charge is 0.174 e. The van der Waals surface area contributed by atoms with Crippen molar-refractivity contribution in [2.24, 2.45) is 0 Å². The first-order chi connectivity index (χ1) is 9.11. The first kappa shape index (κ1) is 14.5. The van der Waals surface area contributed by atoms with Gasteiger partial charge in [-0.1, -0.05) is 31.5 Å². The fourth-order valence-electron chi connectivity index (χ4n) is 2.05. The van der Waals surface area contributed by atoms with Gasteiger partial charge in [-0.05, 0) is 29.9 Å². The molecule has 102 valence electrons. The Hall–Kier alpha value is -0.930. The van der Waals surface area contributed by atoms with Crippen molar-refractivity contribution in [3.8, 4) is 0 Å². The number of rotatable bonds is 6. The van der Waals surface area contributed by atoms with Crippen molar-refractivity contribution < 1.29 is 4.79 Å². The normalized spacial score (nSPS) is 13.3. The van der Waals surface area contributed by atoms with Gasteiger partial charge in [-0.2, -0.15) is 11.8 Å². The number of Topliss-reactive ketones (excluding diaryl/α,β-unsaturated/α-hetero) is 1. The summed E-state index contributed by atoms with van der Waals surface area (Å²) in [7, 11) is 0. The predicted octanol–water partition coefficient (Wildman–Crippen LogP) is 4.54. The van der Waals surface area contributed by atoms with Crippen LogP contribution in [0.4, 0.5) is 5.69 Å². The number of hydrogen-bond donors (Lipinski definition) is 1. The molecule has 1 aromatic rings. The topological polar surface area (TPSA) is 29.1 Å². The largest absolute Gasteiger partial charge is 0.359 e. The second-order valence-corrected chi connectivity index (χ2v) is 6.24. The minimum Gasteiger partial charge on any atom is -0.359 e. The Balaban J connectivity index is 2.06. The molecule has 0 atom stereocenters. The van der Waals surface area contributed by atoms with Crippen LogP contribution in [0, 0.1) is 0 Å². The summed E-state index contributed by atoms with van der Waals surface area (Å²) in [5, 5.41) is 3.70. The van der Waals surface area contributed by atoms with E-state index in [1.165, 1.54) is 0 Å². The van der Waals surface area contributed by atoms with E-state index in [0.717, 1.165) is 42.0 Å². The molecule has 1 aliphatic rings. The van der Waals surface area contributed by atoms with Crippen molar-refractivity contribution in [1.29, 1.82) is 0 Å². The molecule has 1 heterocycles. The van der Waals surface area contributed by atoms with Crippen molar-refractivity contribution in [2.75, 3.05) is 16.8 Å². The molecule has 0 aliphatic carbocycles. The second kappa shape index (κ2) is 6.49. The summed E-state index contributed by atoms with van der Waals surface area (Å²) in [6, 6.07) is 3.74. The number of thioether (sulfide) groups is 1. The fourth-order valence-corrected chi connectivity index (χ4v) is 3.30. The summed E-state index contributed by atoms with van der Waals surface area (Å²) in [6.07, 6.45) is 3.09. The average Bonchev–Trinajstić information content (AvgIpc) is 2.72. The number of nitrogens with one attached hydrogen (secondary N) is 1. The van der Waals surface area contributed by atoms with Crippen molar-refractivity contribution in [2.45, 2.75) is 26.2 Å². The van der Waals surface area contributed by atoms with Crippen LogP contribution in [0.25, 0.3) is 0 Å². The third-order valence-electron chi connectivity index (χ3n) is 3.08. The van der Waals surface area contributed by atoms with Crippen LogP contribution in [0.15, 0.2) is 24.4 Å². The lowest BCUT2D eigenvalue weighted by Gasteiger charge is -2.07. The van der Waals surface area contributed by atoms with Gasteiger partial charge in [0, 0.05) is 23.4 Å². The van der Waals surface area contributed by atoms with E-state index in [1.54, 1.807) is 11.8 Å². The van der Waals surface area contributed by atoms with E-state index in [4.69, 9.17) is 11.6 Å². The average molecular weight is 296 g/mol. The van der Waals surface area contributed by atoms with Crippen LogP contribution in [-0.4, -0.2) is 17.3 Å². The maximum Gasteiger partial charge on any atom is 0.174 e. The van der Waals surface area contributed by atoms with Crippen molar-refractivity contribution in [3.63, 3.8) is 0 Å². The number of halogens is 1. The van der Waals surface area contributed by atoms with Gasteiger partial charge in [0.15, 0.2) is 5.78 Å². The molecule has 0 fully saturated rings. The zero-order valence-electron chi connectivity index (χ0n) is 11.1. The number of hydrogen-bond acceptors (Lipinski definition) is 3. The molecule has 2 rings (SSSR count). The van der Waals surface area contributed by atoms with Gasteiger partial charge in [0.2, 0.25) is 0 Å². The highest BCUT2D eigenvalue weighted by atomic mass is 35.5.